The van der Waals surface area contributed by atoms with E-state index in [1.807, 2.05) is 0 Å². The predicted octanol–water partition coefficient (Wildman–Crippen LogP) is 4.30. The SMILES string of the molecule is CCCCC[CH2][Zn]([CH2]CCCCC)[c]1ccccc1.OP(O)(O)=S.OP(O)(O)=S. The average Bonchev–Trinajstić information content (AvgIpc) is 2.58. The number of rotatable bonds is 11. The molecule has 0 aliphatic carbocycles. The van der Waals surface area contributed by atoms with Crippen LogP contribution in [0.1, 0.15) is 65.2 Å². The van der Waals surface area contributed by atoms with Crippen LogP contribution >= 0.6 is 13.4 Å². The van der Waals surface area contributed by atoms with E-state index < -0.39 is 29.4 Å². The summed E-state index contributed by atoms with van der Waals surface area (Å²) in [7, 11) is 0. The molecule has 29 heavy (non-hydrogen) atoms. The van der Waals surface area contributed by atoms with Gasteiger partial charge in [0, 0.05) is 0 Å². The van der Waals surface area contributed by atoms with Gasteiger partial charge in [-0.3, -0.25) is 0 Å². The topological polar surface area (TPSA) is 121 Å². The minimum Gasteiger partial charge on any atom is -0.325 e. The minimum absolute atomic E-state index is 1.36. The first-order valence-electron chi connectivity index (χ1n) is 10.2. The van der Waals surface area contributed by atoms with Gasteiger partial charge < -0.3 is 29.4 Å². The van der Waals surface area contributed by atoms with Gasteiger partial charge in [-0.25, -0.2) is 0 Å². The molecule has 0 radical (unpaired) electrons. The Labute approximate surface area is 191 Å². The van der Waals surface area contributed by atoms with Crippen LogP contribution in [0.4, 0.5) is 0 Å². The van der Waals surface area contributed by atoms with Crippen LogP contribution in [0, 0.1) is 0 Å². The van der Waals surface area contributed by atoms with Gasteiger partial charge in [-0.1, -0.05) is 0 Å². The van der Waals surface area contributed by atoms with Crippen molar-refractivity contribution >= 4 is 41.2 Å². The van der Waals surface area contributed by atoms with Gasteiger partial charge in [-0.15, -0.1) is 0 Å². The van der Waals surface area contributed by atoms with Crippen molar-refractivity contribution in [1.29, 1.82) is 0 Å². The van der Waals surface area contributed by atoms with Crippen LogP contribution < -0.4 is 4.16 Å². The Morgan fingerprint density at radius 3 is 1.31 bits per heavy atom. The van der Waals surface area contributed by atoms with Crippen molar-refractivity contribution in [3.05, 3.63) is 30.3 Å². The van der Waals surface area contributed by atoms with Gasteiger partial charge in [0.2, 0.25) is 0 Å². The molecule has 0 heterocycles. The molecule has 0 spiro atoms. The Hall–Kier alpha value is 0.903. The monoisotopic (exact) mass is 539 g/mol. The van der Waals surface area contributed by atoms with Gasteiger partial charge in [0.25, 0.3) is 0 Å². The van der Waals surface area contributed by atoms with Gasteiger partial charge in [-0.05, 0) is 23.6 Å². The molecule has 0 amide bonds. The summed E-state index contributed by atoms with van der Waals surface area (Å²) < 4.78 is 1.77. The zero-order chi connectivity index (χ0) is 22.8. The van der Waals surface area contributed by atoms with E-state index in [1.54, 1.807) is 14.2 Å². The van der Waals surface area contributed by atoms with Crippen LogP contribution in [0.25, 0.3) is 0 Å². The molecule has 0 saturated carbocycles. The third kappa shape index (κ3) is 33.7. The van der Waals surface area contributed by atoms with Crippen molar-refractivity contribution in [3.8, 4) is 0 Å². The first kappa shape index (κ1) is 32.1. The van der Waals surface area contributed by atoms with E-state index in [-0.39, 0.29) is 0 Å². The number of benzene rings is 1. The second kappa shape index (κ2) is 19.6. The standard InChI is InChI=1S/C6H5.2C6H13.2H3O3PS.Zn/c1-2-4-6-5-3-1;2*1-3-5-6-4-2;2*1-4(2,3)5;/h1-5H;2*1,3-6H2,2H3;2*(H3,1,2,3,5);. The maximum absolute atomic E-state index is 7.56. The molecule has 0 fully saturated rings. The fourth-order valence-electron chi connectivity index (χ4n) is 3.21. The number of hydrogen-bond acceptors (Lipinski definition) is 2. The van der Waals surface area contributed by atoms with E-state index in [4.69, 9.17) is 29.4 Å². The van der Waals surface area contributed by atoms with Crippen molar-refractivity contribution in [1.82, 2.24) is 0 Å². The molecule has 1 aromatic rings. The van der Waals surface area contributed by atoms with Crippen molar-refractivity contribution < 1.29 is 45.3 Å². The molecule has 0 unspecified atom stereocenters. The van der Waals surface area contributed by atoms with Gasteiger partial charge >= 0.3 is 139 Å². The first-order chi connectivity index (χ1) is 13.4. The molecule has 0 bridgehead atoms. The van der Waals surface area contributed by atoms with Crippen LogP contribution in [0.15, 0.2) is 30.3 Å². The van der Waals surface area contributed by atoms with Crippen molar-refractivity contribution in [2.24, 2.45) is 0 Å². The van der Waals surface area contributed by atoms with Crippen molar-refractivity contribution in [2.75, 3.05) is 0 Å². The van der Waals surface area contributed by atoms with E-state index in [2.05, 4.69) is 67.8 Å². The molecule has 169 valence electrons. The van der Waals surface area contributed by atoms with Crippen LogP contribution in [0.3, 0.4) is 0 Å². The quantitative estimate of drug-likeness (QED) is 0.140. The van der Waals surface area contributed by atoms with E-state index >= 15 is 0 Å². The summed E-state index contributed by atoms with van der Waals surface area (Å²) in [5, 5.41) is 3.19. The van der Waals surface area contributed by atoms with E-state index in [0.717, 1.165) is 0 Å². The Bertz CT molecular complexity index is 534. The Morgan fingerprint density at radius 2 is 1.00 bits per heavy atom. The third-order valence-electron chi connectivity index (χ3n) is 4.48. The summed E-state index contributed by atoms with van der Waals surface area (Å²) in [4.78, 5) is 45.3. The molecule has 11 heteroatoms. The summed E-state index contributed by atoms with van der Waals surface area (Å²) in [5.41, 5.74) is 0. The third-order valence-corrected chi connectivity index (χ3v) is 13.6. The second-order valence-corrected chi connectivity index (χ2v) is 20.4. The summed E-state index contributed by atoms with van der Waals surface area (Å²) in [6.45, 7) is -2.99. The van der Waals surface area contributed by atoms with Crippen LogP contribution in [0.5, 0.6) is 0 Å². The van der Waals surface area contributed by atoms with Crippen molar-refractivity contribution in [2.45, 2.75) is 75.2 Å². The van der Waals surface area contributed by atoms with E-state index in [9.17, 15) is 0 Å². The van der Waals surface area contributed by atoms with Gasteiger partial charge in [0.1, 0.15) is 0 Å². The molecule has 0 saturated heterocycles. The molecular weight excluding hydrogens is 504 g/mol. The van der Waals surface area contributed by atoms with Gasteiger partial charge in [0.15, 0.2) is 0 Å². The minimum atomic E-state index is -3.81. The normalized spacial score (nSPS) is 11.0. The zero-order valence-electron chi connectivity index (χ0n) is 17.6. The fraction of sp³-hybridized carbons (Fsp3) is 0.667. The summed E-state index contributed by atoms with van der Waals surface area (Å²) >= 11 is 5.79. The Morgan fingerprint density at radius 1 is 0.655 bits per heavy atom. The van der Waals surface area contributed by atoms with Crippen LogP contribution in [-0.2, 0) is 39.6 Å². The molecule has 6 N–H and O–H groups in total. The van der Waals surface area contributed by atoms with Gasteiger partial charge in [0.05, 0.1) is 0 Å². The largest absolute Gasteiger partial charge is 0.325 e. The molecule has 0 aliphatic heterocycles. The molecule has 1 rings (SSSR count). The molecular formula is C18H37O6P2S2Zn. The Balaban J connectivity index is 0. The maximum atomic E-state index is 7.56. The number of unbranched alkanes of at least 4 members (excludes halogenated alkanes) is 6. The number of hydrogen-bond donors (Lipinski definition) is 6. The maximum Gasteiger partial charge on any atom is 0.319 e. The second-order valence-electron chi connectivity index (χ2n) is 7.19. The zero-order valence-corrected chi connectivity index (χ0v) is 23.9. The van der Waals surface area contributed by atoms with Crippen molar-refractivity contribution in [3.63, 3.8) is 0 Å². The van der Waals surface area contributed by atoms with E-state index in [1.165, 1.54) is 51.4 Å². The predicted molar refractivity (Wildman–Crippen MR) is 126 cm³/mol. The molecule has 0 atom stereocenters. The molecule has 0 aromatic heterocycles. The summed E-state index contributed by atoms with van der Waals surface area (Å²) in [5.74, 6) is 0. The Kier molecular flexibility index (Phi) is 21.7. The first-order valence-corrected chi connectivity index (χ1v) is 21.2. The molecule has 1 aromatic carbocycles. The van der Waals surface area contributed by atoms with Gasteiger partial charge in [-0.2, -0.15) is 0 Å². The van der Waals surface area contributed by atoms with Crippen LogP contribution in [0.2, 0.25) is 10.0 Å². The smallest absolute Gasteiger partial charge is 0.319 e. The summed E-state index contributed by atoms with van der Waals surface area (Å²) in [6, 6.07) is 11.5. The van der Waals surface area contributed by atoms with E-state index in [0.29, 0.717) is 0 Å². The van der Waals surface area contributed by atoms with Crippen LogP contribution in [-0.4, -0.2) is 29.4 Å². The molecule has 6 nitrogen and oxygen atoms in total. The fourth-order valence-corrected chi connectivity index (χ4v) is 11.6. The average molecular weight is 541 g/mol. The molecule has 0 aliphatic rings. The summed E-state index contributed by atoms with van der Waals surface area (Å²) in [6.07, 6.45) is 11.5.